The minimum Gasteiger partial charge on any atom is -0.506 e. The van der Waals surface area contributed by atoms with E-state index in [1.807, 2.05) is 0 Å². The van der Waals surface area contributed by atoms with Crippen LogP contribution < -0.4 is 5.73 Å². The minimum atomic E-state index is -0.752. The van der Waals surface area contributed by atoms with Crippen molar-refractivity contribution < 1.29 is 29.0 Å². The molecule has 1 saturated heterocycles. The van der Waals surface area contributed by atoms with Gasteiger partial charge in [0.1, 0.15) is 17.8 Å². The molecule has 1 aliphatic carbocycles. The highest BCUT2D eigenvalue weighted by Crippen LogP contribution is 2.45. The number of benzene rings is 2. The first-order chi connectivity index (χ1) is 14.4. The van der Waals surface area contributed by atoms with Gasteiger partial charge < -0.3 is 25.3 Å². The summed E-state index contributed by atoms with van der Waals surface area (Å²) in [6.45, 7) is 0.880. The van der Waals surface area contributed by atoms with Crippen molar-refractivity contribution in [1.29, 1.82) is 0 Å². The van der Waals surface area contributed by atoms with Crippen molar-refractivity contribution in [3.63, 3.8) is 0 Å². The summed E-state index contributed by atoms with van der Waals surface area (Å²) in [6, 6.07) is 6.38. The molecule has 0 atom stereocenters. The third kappa shape index (κ3) is 2.40. The summed E-state index contributed by atoms with van der Waals surface area (Å²) in [5.74, 6) is -3.04. The Balaban J connectivity index is 1.66. The van der Waals surface area contributed by atoms with Crippen LogP contribution in [0.4, 0.5) is 0 Å². The molecule has 8 nitrogen and oxygen atoms in total. The molecule has 0 unspecified atom stereocenters. The van der Waals surface area contributed by atoms with Gasteiger partial charge in [-0.05, 0) is 12.8 Å². The molecular weight excluding hydrogens is 388 g/mol. The lowest BCUT2D eigenvalue weighted by atomic mass is 9.83. The second-order valence-electron chi connectivity index (χ2n) is 7.63. The van der Waals surface area contributed by atoms with Crippen LogP contribution in [0, 0.1) is 0 Å². The molecule has 1 fully saturated rings. The van der Waals surface area contributed by atoms with Gasteiger partial charge in [-0.2, -0.15) is 0 Å². The van der Waals surface area contributed by atoms with E-state index in [9.17, 15) is 24.6 Å². The third-order valence-corrected chi connectivity index (χ3v) is 5.90. The Labute approximate surface area is 170 Å². The molecule has 2 heterocycles. The smallest absolute Gasteiger partial charge is 0.257 e. The number of likely N-dealkylation sites (tertiary alicyclic amines) is 1. The molecule has 152 valence electrons. The average Bonchev–Trinajstić information content (AvgIpc) is 3.20. The second-order valence-corrected chi connectivity index (χ2v) is 7.63. The topological polar surface area (TPSA) is 134 Å². The molecule has 1 aromatic heterocycles. The fraction of sp³-hybridized carbons (Fsp3) is 0.227. The number of hydrogen-bond acceptors (Lipinski definition) is 7. The molecule has 0 radical (unpaired) electrons. The highest BCUT2D eigenvalue weighted by Gasteiger charge is 2.42. The highest BCUT2D eigenvalue weighted by atomic mass is 16.3. The first-order valence-electron chi connectivity index (χ1n) is 9.62. The number of carbonyl (C=O) groups excluding carboxylic acids is 3. The summed E-state index contributed by atoms with van der Waals surface area (Å²) in [7, 11) is 0. The SMILES string of the molecule is NC1CCN(C(=O)c2coc3c2C(=O)c2c(c(O)c4ccccc4c2O)C3=O)CC1. The zero-order chi connectivity index (χ0) is 21.2. The number of ketones is 2. The van der Waals surface area contributed by atoms with Crippen LogP contribution in [0.5, 0.6) is 11.5 Å². The standard InChI is InChI=1S/C22H18N2O6/c23-10-5-7-24(8-6-10)22(29)13-9-30-21-14(13)19(27)15-16(20(21)28)18(26)12-4-2-1-3-11(12)17(15)25/h1-4,9-10,25-26H,5-8,23H2. The van der Waals surface area contributed by atoms with Crippen molar-refractivity contribution in [3.05, 3.63) is 58.5 Å². The molecule has 0 saturated carbocycles. The number of fused-ring (bicyclic) bond motifs is 3. The molecule has 0 spiro atoms. The van der Waals surface area contributed by atoms with E-state index in [1.165, 1.54) is 12.1 Å². The Morgan fingerprint density at radius 2 is 1.53 bits per heavy atom. The van der Waals surface area contributed by atoms with Crippen LogP contribution in [-0.4, -0.2) is 51.7 Å². The maximum atomic E-state index is 13.3. The highest BCUT2D eigenvalue weighted by molar-refractivity contribution is 6.33. The average molecular weight is 406 g/mol. The van der Waals surface area contributed by atoms with Crippen molar-refractivity contribution in [2.75, 3.05) is 13.1 Å². The van der Waals surface area contributed by atoms with Crippen LogP contribution in [0.3, 0.4) is 0 Å². The number of nitrogens with zero attached hydrogens (tertiary/aromatic N) is 1. The lowest BCUT2D eigenvalue weighted by Crippen LogP contribution is -2.43. The molecule has 1 aliphatic heterocycles. The number of phenolic OH excluding ortho intramolecular Hbond substituents is 2. The van der Waals surface area contributed by atoms with Crippen LogP contribution in [0.2, 0.25) is 0 Å². The van der Waals surface area contributed by atoms with E-state index in [1.54, 1.807) is 17.0 Å². The Kier molecular flexibility index (Phi) is 3.94. The number of nitrogens with two attached hydrogens (primary N) is 1. The monoisotopic (exact) mass is 406 g/mol. The van der Waals surface area contributed by atoms with Gasteiger partial charge in [-0.3, -0.25) is 14.4 Å². The van der Waals surface area contributed by atoms with Gasteiger partial charge >= 0.3 is 0 Å². The summed E-state index contributed by atoms with van der Waals surface area (Å²) in [5.41, 5.74) is 5.04. The molecule has 5 rings (SSSR count). The third-order valence-electron chi connectivity index (χ3n) is 5.90. The number of aromatic hydroxyl groups is 2. The number of phenols is 2. The summed E-state index contributed by atoms with van der Waals surface area (Å²) in [4.78, 5) is 41.0. The van der Waals surface area contributed by atoms with E-state index in [0.717, 1.165) is 6.26 Å². The molecule has 4 N–H and O–H groups in total. The zero-order valence-electron chi connectivity index (χ0n) is 15.8. The molecule has 30 heavy (non-hydrogen) atoms. The Morgan fingerprint density at radius 1 is 0.967 bits per heavy atom. The minimum absolute atomic E-state index is 0.0237. The largest absolute Gasteiger partial charge is 0.506 e. The van der Waals surface area contributed by atoms with Crippen LogP contribution in [0.15, 0.2) is 34.9 Å². The normalized spacial score (nSPS) is 16.6. The maximum Gasteiger partial charge on any atom is 0.257 e. The van der Waals surface area contributed by atoms with Crippen molar-refractivity contribution >= 4 is 28.2 Å². The van der Waals surface area contributed by atoms with Crippen LogP contribution in [0.1, 0.15) is 55.2 Å². The number of amides is 1. The predicted molar refractivity (Wildman–Crippen MR) is 106 cm³/mol. The Hall–Kier alpha value is -3.65. The van der Waals surface area contributed by atoms with E-state index >= 15 is 0 Å². The van der Waals surface area contributed by atoms with Crippen molar-refractivity contribution in [1.82, 2.24) is 4.90 Å². The van der Waals surface area contributed by atoms with E-state index in [-0.39, 0.29) is 44.8 Å². The lowest BCUT2D eigenvalue weighted by Gasteiger charge is -2.30. The molecule has 8 heteroatoms. The molecule has 1 amide bonds. The number of piperidine rings is 1. The molecule has 0 bridgehead atoms. The van der Waals surface area contributed by atoms with Gasteiger partial charge in [0.25, 0.3) is 5.91 Å². The Morgan fingerprint density at radius 3 is 2.13 bits per heavy atom. The summed E-state index contributed by atoms with van der Waals surface area (Å²) < 4.78 is 5.33. The van der Waals surface area contributed by atoms with Gasteiger partial charge in [-0.1, -0.05) is 24.3 Å². The summed E-state index contributed by atoms with van der Waals surface area (Å²) in [5, 5.41) is 21.9. The lowest BCUT2D eigenvalue weighted by molar-refractivity contribution is 0.0710. The van der Waals surface area contributed by atoms with E-state index in [4.69, 9.17) is 10.2 Å². The van der Waals surface area contributed by atoms with E-state index in [2.05, 4.69) is 0 Å². The van der Waals surface area contributed by atoms with Gasteiger partial charge in [0.15, 0.2) is 5.76 Å². The van der Waals surface area contributed by atoms with Gasteiger partial charge in [0, 0.05) is 29.9 Å². The van der Waals surface area contributed by atoms with Crippen molar-refractivity contribution in [3.8, 4) is 11.5 Å². The fourth-order valence-corrected chi connectivity index (χ4v) is 4.26. The van der Waals surface area contributed by atoms with Gasteiger partial charge in [0.05, 0.1) is 22.3 Å². The van der Waals surface area contributed by atoms with E-state index < -0.39 is 29.0 Å². The maximum absolute atomic E-state index is 13.3. The number of furan rings is 1. The first kappa shape index (κ1) is 18.4. The quantitative estimate of drug-likeness (QED) is 0.413. The summed E-state index contributed by atoms with van der Waals surface area (Å²) in [6.07, 6.45) is 2.38. The van der Waals surface area contributed by atoms with Gasteiger partial charge in [0.2, 0.25) is 11.6 Å². The van der Waals surface area contributed by atoms with E-state index in [0.29, 0.717) is 25.9 Å². The van der Waals surface area contributed by atoms with Gasteiger partial charge in [-0.25, -0.2) is 0 Å². The van der Waals surface area contributed by atoms with Crippen LogP contribution in [0.25, 0.3) is 10.8 Å². The first-order valence-corrected chi connectivity index (χ1v) is 9.62. The number of carbonyl (C=O) groups is 3. The fourth-order valence-electron chi connectivity index (χ4n) is 4.26. The summed E-state index contributed by atoms with van der Waals surface area (Å²) >= 11 is 0. The number of hydrogen-bond donors (Lipinski definition) is 3. The van der Waals surface area contributed by atoms with Crippen LogP contribution >= 0.6 is 0 Å². The predicted octanol–water partition coefficient (Wildman–Crippen LogP) is 2.18. The molecule has 3 aromatic rings. The zero-order valence-corrected chi connectivity index (χ0v) is 15.8. The van der Waals surface area contributed by atoms with Crippen molar-refractivity contribution in [2.24, 2.45) is 5.73 Å². The van der Waals surface area contributed by atoms with Crippen molar-refractivity contribution in [2.45, 2.75) is 18.9 Å². The van der Waals surface area contributed by atoms with Gasteiger partial charge in [-0.15, -0.1) is 0 Å². The molecule has 2 aromatic carbocycles. The molecular formula is C22H18N2O6. The molecule has 2 aliphatic rings. The second kappa shape index (κ2) is 6.43. The number of rotatable bonds is 1. The van der Waals surface area contributed by atoms with Crippen LogP contribution in [-0.2, 0) is 0 Å². The Bertz CT molecular complexity index is 1250.